The molecule has 8 nitrogen and oxygen atoms in total. The number of nitrogens with zero attached hydrogens (tertiary/aromatic N) is 1. The molecule has 0 spiro atoms. The van der Waals surface area contributed by atoms with Crippen molar-refractivity contribution in [3.8, 4) is 28.6 Å². The Morgan fingerprint density at radius 3 is 2.38 bits per heavy atom. The minimum Gasteiger partial charge on any atom is -0.495 e. The molecule has 1 aliphatic carbocycles. The van der Waals surface area contributed by atoms with Crippen molar-refractivity contribution >= 4 is 15.8 Å². The van der Waals surface area contributed by atoms with Crippen molar-refractivity contribution in [2.24, 2.45) is 0 Å². The van der Waals surface area contributed by atoms with Gasteiger partial charge >= 0.3 is 6.36 Å². The molecule has 1 heterocycles. The van der Waals surface area contributed by atoms with Crippen molar-refractivity contribution < 1.29 is 40.3 Å². The van der Waals surface area contributed by atoms with Gasteiger partial charge in [0, 0.05) is 11.1 Å². The molecule has 0 unspecified atom stereocenters. The van der Waals surface area contributed by atoms with E-state index < -0.39 is 22.1 Å². The first-order valence-corrected chi connectivity index (χ1v) is 10.7. The number of rotatable bonds is 6. The average Bonchev–Trinajstić information content (AvgIpc) is 3.14. The van der Waals surface area contributed by atoms with Gasteiger partial charge in [0.1, 0.15) is 17.2 Å². The normalized spacial score (nSPS) is 13.2. The summed E-state index contributed by atoms with van der Waals surface area (Å²) in [5.74, 6) is -0.187. The van der Waals surface area contributed by atoms with E-state index in [9.17, 15) is 21.6 Å². The van der Waals surface area contributed by atoms with E-state index in [1.165, 1.54) is 44.6 Å². The van der Waals surface area contributed by atoms with E-state index in [0.717, 1.165) is 5.56 Å². The molecule has 0 aliphatic heterocycles. The standard InChI is InChI=1S/C20H17F3N2O6S/c1-28-15-4-3-5-16(29-2)18(15)32(26,27)25-19-13-9-7-11-6-8-12(30-20(21,22)23)10-14(11)17(13)31-24-19/h3-6,8,10H,7,9H2,1-2H3,(H,24,25). The van der Waals surface area contributed by atoms with Crippen molar-refractivity contribution in [3.63, 3.8) is 0 Å². The van der Waals surface area contributed by atoms with Crippen molar-refractivity contribution in [3.05, 3.63) is 47.5 Å². The molecule has 0 atom stereocenters. The highest BCUT2D eigenvalue weighted by atomic mass is 32.2. The van der Waals surface area contributed by atoms with Gasteiger partial charge in [0.25, 0.3) is 10.0 Å². The topological polar surface area (TPSA) is 99.9 Å². The van der Waals surface area contributed by atoms with Crippen LogP contribution in [-0.2, 0) is 22.9 Å². The van der Waals surface area contributed by atoms with Gasteiger partial charge in [0.2, 0.25) is 0 Å². The highest BCUT2D eigenvalue weighted by Crippen LogP contribution is 2.41. The number of benzene rings is 2. The van der Waals surface area contributed by atoms with Crippen LogP contribution in [0.1, 0.15) is 11.1 Å². The summed E-state index contributed by atoms with van der Waals surface area (Å²) >= 11 is 0. The monoisotopic (exact) mass is 470 g/mol. The van der Waals surface area contributed by atoms with E-state index in [4.69, 9.17) is 14.0 Å². The molecule has 2 aromatic carbocycles. The number of hydrogen-bond acceptors (Lipinski definition) is 7. The number of aromatic nitrogens is 1. The Labute approximate surface area is 180 Å². The third-order valence-electron chi connectivity index (χ3n) is 4.87. The highest BCUT2D eigenvalue weighted by Gasteiger charge is 2.33. The van der Waals surface area contributed by atoms with E-state index in [2.05, 4.69) is 14.6 Å². The first-order chi connectivity index (χ1) is 15.1. The molecule has 0 bridgehead atoms. The van der Waals surface area contributed by atoms with Gasteiger partial charge in [-0.1, -0.05) is 17.3 Å². The lowest BCUT2D eigenvalue weighted by Crippen LogP contribution is -2.18. The summed E-state index contributed by atoms with van der Waals surface area (Å²) in [5, 5.41) is 3.81. The molecule has 0 saturated carbocycles. The van der Waals surface area contributed by atoms with Gasteiger partial charge in [-0.15, -0.1) is 13.2 Å². The Balaban J connectivity index is 1.72. The van der Waals surface area contributed by atoms with Crippen molar-refractivity contribution in [2.45, 2.75) is 24.1 Å². The molecule has 3 aromatic rings. The summed E-state index contributed by atoms with van der Waals surface area (Å²) in [7, 11) is -1.56. The fourth-order valence-electron chi connectivity index (χ4n) is 3.53. The quantitative estimate of drug-likeness (QED) is 0.578. The van der Waals surface area contributed by atoms with Crippen LogP contribution in [-0.4, -0.2) is 34.2 Å². The first-order valence-electron chi connectivity index (χ1n) is 9.24. The Kier molecular flexibility index (Phi) is 5.41. The zero-order chi connectivity index (χ0) is 23.1. The van der Waals surface area contributed by atoms with E-state index in [1.807, 2.05) is 0 Å². The van der Waals surface area contributed by atoms with Crippen LogP contribution in [0, 0.1) is 0 Å². The number of halogens is 3. The summed E-state index contributed by atoms with van der Waals surface area (Å²) in [6.45, 7) is 0. The minimum atomic E-state index is -4.85. The van der Waals surface area contributed by atoms with Gasteiger partial charge in [-0.25, -0.2) is 8.42 Å². The van der Waals surface area contributed by atoms with Crippen LogP contribution < -0.4 is 18.9 Å². The number of nitrogens with one attached hydrogen (secondary N) is 1. The number of hydrogen-bond donors (Lipinski definition) is 1. The zero-order valence-electron chi connectivity index (χ0n) is 16.8. The number of alkyl halides is 3. The van der Waals surface area contributed by atoms with Gasteiger partial charge < -0.3 is 18.7 Å². The Morgan fingerprint density at radius 1 is 1.06 bits per heavy atom. The summed E-state index contributed by atoms with van der Waals surface area (Å²) in [4.78, 5) is -0.223. The maximum absolute atomic E-state index is 13.1. The molecule has 170 valence electrons. The Morgan fingerprint density at radius 2 is 1.75 bits per heavy atom. The van der Waals surface area contributed by atoms with E-state index in [-0.39, 0.29) is 28.0 Å². The van der Waals surface area contributed by atoms with Crippen LogP contribution in [0.25, 0.3) is 11.3 Å². The SMILES string of the molecule is COc1cccc(OC)c1S(=O)(=O)Nc1noc2c1CCc1ccc(OC(F)(F)F)cc1-2. The van der Waals surface area contributed by atoms with Gasteiger partial charge in [0.05, 0.1) is 14.2 Å². The third-order valence-corrected chi connectivity index (χ3v) is 6.28. The largest absolute Gasteiger partial charge is 0.573 e. The van der Waals surface area contributed by atoms with Gasteiger partial charge in [-0.05, 0) is 42.7 Å². The van der Waals surface area contributed by atoms with Crippen LogP contribution in [0.15, 0.2) is 45.8 Å². The number of ether oxygens (including phenoxy) is 3. The molecule has 4 rings (SSSR count). The van der Waals surface area contributed by atoms with Gasteiger partial charge in [0.15, 0.2) is 16.5 Å². The minimum absolute atomic E-state index is 0.0634. The fraction of sp³-hybridized carbons (Fsp3) is 0.250. The number of aryl methyl sites for hydroxylation is 1. The summed E-state index contributed by atoms with van der Waals surface area (Å²) in [6.07, 6.45) is -4.03. The first kappa shape index (κ1) is 21.8. The van der Waals surface area contributed by atoms with Crippen LogP contribution in [0.5, 0.6) is 17.2 Å². The Bertz CT molecular complexity index is 1250. The zero-order valence-corrected chi connectivity index (χ0v) is 17.6. The van der Waals surface area contributed by atoms with Crippen molar-refractivity contribution in [1.82, 2.24) is 5.16 Å². The maximum Gasteiger partial charge on any atom is 0.573 e. The lowest BCUT2D eigenvalue weighted by Gasteiger charge is -2.17. The molecule has 1 N–H and O–H groups in total. The number of anilines is 1. The van der Waals surface area contributed by atoms with E-state index in [0.29, 0.717) is 24.0 Å². The second kappa shape index (κ2) is 7.93. The van der Waals surface area contributed by atoms with E-state index in [1.54, 1.807) is 6.07 Å². The summed E-state index contributed by atoms with van der Waals surface area (Å²) in [5.41, 5.74) is 1.49. The molecule has 0 amide bonds. The van der Waals surface area contributed by atoms with Gasteiger partial charge in [-0.2, -0.15) is 0 Å². The number of sulfonamides is 1. The summed E-state index contributed by atoms with van der Waals surface area (Å²) < 4.78 is 86.0. The molecule has 32 heavy (non-hydrogen) atoms. The third kappa shape index (κ3) is 4.05. The van der Waals surface area contributed by atoms with Gasteiger partial charge in [-0.3, -0.25) is 4.72 Å². The highest BCUT2D eigenvalue weighted by molar-refractivity contribution is 7.93. The van der Waals surface area contributed by atoms with Crippen molar-refractivity contribution in [1.29, 1.82) is 0 Å². The fourth-order valence-corrected chi connectivity index (χ4v) is 4.88. The van der Waals surface area contributed by atoms with Crippen LogP contribution in [0.2, 0.25) is 0 Å². The smallest absolute Gasteiger partial charge is 0.495 e. The number of methoxy groups -OCH3 is 2. The molecular weight excluding hydrogens is 453 g/mol. The molecule has 1 aliphatic rings. The van der Waals surface area contributed by atoms with Crippen LogP contribution in [0.3, 0.4) is 0 Å². The lowest BCUT2D eigenvalue weighted by atomic mass is 9.90. The lowest BCUT2D eigenvalue weighted by molar-refractivity contribution is -0.274. The predicted octanol–water partition coefficient (Wildman–Crippen LogP) is 4.16. The molecule has 12 heteroatoms. The average molecular weight is 470 g/mol. The maximum atomic E-state index is 13.1. The van der Waals surface area contributed by atoms with E-state index >= 15 is 0 Å². The van der Waals surface area contributed by atoms with Crippen LogP contribution >= 0.6 is 0 Å². The second-order valence-electron chi connectivity index (χ2n) is 6.80. The molecule has 0 saturated heterocycles. The molecule has 1 aromatic heterocycles. The second-order valence-corrected chi connectivity index (χ2v) is 8.42. The number of fused-ring (bicyclic) bond motifs is 3. The predicted molar refractivity (Wildman–Crippen MR) is 106 cm³/mol. The van der Waals surface area contributed by atoms with Crippen LogP contribution in [0.4, 0.5) is 19.0 Å². The Hall–Kier alpha value is -3.41. The van der Waals surface area contributed by atoms with Crippen molar-refractivity contribution in [2.75, 3.05) is 18.9 Å². The summed E-state index contributed by atoms with van der Waals surface area (Å²) in [6, 6.07) is 8.41. The molecule has 0 fully saturated rings. The molecular formula is C20H17F3N2O6S. The molecule has 0 radical (unpaired) electrons.